The van der Waals surface area contributed by atoms with Crippen molar-refractivity contribution in [2.45, 2.75) is 73.3 Å². The third kappa shape index (κ3) is 13.9. The molecule has 25 heavy (non-hydrogen) atoms. The van der Waals surface area contributed by atoms with Crippen LogP contribution in [0.15, 0.2) is 0 Å². The summed E-state index contributed by atoms with van der Waals surface area (Å²) in [6.45, 7) is 23.1. The first kappa shape index (κ1) is 25.1. The van der Waals surface area contributed by atoms with Gasteiger partial charge in [-0.1, -0.05) is 41.0 Å². The van der Waals surface area contributed by atoms with Crippen molar-refractivity contribution in [1.82, 2.24) is 14.7 Å². The molecule has 0 radical (unpaired) electrons. The molecular formula is C20H47N3OSi. The van der Waals surface area contributed by atoms with E-state index in [1.807, 2.05) is 0 Å². The van der Waals surface area contributed by atoms with Gasteiger partial charge in [0.2, 0.25) is 0 Å². The Bertz CT molecular complexity index is 256. The molecule has 0 aromatic rings. The molecule has 0 N–H and O–H groups in total. The van der Waals surface area contributed by atoms with Crippen LogP contribution in [0, 0.1) is 0 Å². The number of hydrogen-bond acceptors (Lipinski definition) is 4. The van der Waals surface area contributed by atoms with E-state index in [9.17, 15) is 0 Å². The van der Waals surface area contributed by atoms with Crippen molar-refractivity contribution in [3.63, 3.8) is 0 Å². The summed E-state index contributed by atoms with van der Waals surface area (Å²) >= 11 is 0. The monoisotopic (exact) mass is 373 g/mol. The normalized spacial score (nSPS) is 13.8. The Morgan fingerprint density at radius 2 is 1.16 bits per heavy atom. The minimum Gasteiger partial charge on any atom is -0.420 e. The molecule has 0 bridgehead atoms. The molecule has 0 fully saturated rings. The summed E-state index contributed by atoms with van der Waals surface area (Å²) < 4.78 is 6.13. The second-order valence-corrected chi connectivity index (χ2v) is 8.26. The van der Waals surface area contributed by atoms with Crippen LogP contribution in [0.5, 0.6) is 0 Å². The topological polar surface area (TPSA) is 19.0 Å². The summed E-state index contributed by atoms with van der Waals surface area (Å²) in [4.78, 5) is 7.74. The SMILES string of the molecule is CCCC(C)O[SiH2]CN(CCCN(CC)CC)CCCN(CC)CC. The van der Waals surface area contributed by atoms with Crippen LogP contribution in [-0.2, 0) is 4.43 Å². The average Bonchev–Trinajstić information content (AvgIpc) is 2.62. The van der Waals surface area contributed by atoms with Crippen LogP contribution < -0.4 is 0 Å². The van der Waals surface area contributed by atoms with E-state index in [0.29, 0.717) is 6.10 Å². The zero-order valence-corrected chi connectivity index (χ0v) is 19.6. The molecule has 0 aliphatic rings. The minimum atomic E-state index is -0.421. The van der Waals surface area contributed by atoms with Crippen LogP contribution >= 0.6 is 0 Å². The molecule has 0 rings (SSSR count). The number of rotatable bonds is 18. The molecule has 0 saturated carbocycles. The van der Waals surface area contributed by atoms with Gasteiger partial charge in [-0.3, -0.25) is 0 Å². The smallest absolute Gasteiger partial charge is 0.175 e. The Kier molecular flexibility index (Phi) is 17.5. The molecule has 5 heteroatoms. The molecular weight excluding hydrogens is 326 g/mol. The molecule has 0 aromatic carbocycles. The van der Waals surface area contributed by atoms with Crippen molar-refractivity contribution in [2.24, 2.45) is 0 Å². The summed E-state index contributed by atoms with van der Waals surface area (Å²) in [6, 6.07) is 0. The van der Waals surface area contributed by atoms with Crippen molar-refractivity contribution >= 4 is 9.76 Å². The molecule has 0 saturated heterocycles. The molecule has 1 atom stereocenters. The Morgan fingerprint density at radius 1 is 0.720 bits per heavy atom. The van der Waals surface area contributed by atoms with Gasteiger partial charge in [-0.05, 0) is 78.5 Å². The lowest BCUT2D eigenvalue weighted by atomic mass is 10.2. The molecule has 4 nitrogen and oxygen atoms in total. The van der Waals surface area contributed by atoms with Gasteiger partial charge in [-0.15, -0.1) is 0 Å². The third-order valence-corrected chi connectivity index (χ3v) is 6.81. The number of nitrogens with zero attached hydrogens (tertiary/aromatic N) is 3. The molecule has 0 aliphatic carbocycles. The lowest BCUT2D eigenvalue weighted by molar-refractivity contribution is 0.199. The molecule has 0 aliphatic heterocycles. The second-order valence-electron chi connectivity index (χ2n) is 7.07. The van der Waals surface area contributed by atoms with Crippen molar-refractivity contribution < 1.29 is 4.43 Å². The predicted octanol–water partition coefficient (Wildman–Crippen LogP) is 3.00. The quantitative estimate of drug-likeness (QED) is 0.344. The van der Waals surface area contributed by atoms with E-state index in [2.05, 4.69) is 56.2 Å². The number of hydrogen-bond donors (Lipinski definition) is 0. The Morgan fingerprint density at radius 3 is 1.56 bits per heavy atom. The van der Waals surface area contributed by atoms with E-state index in [1.165, 1.54) is 84.2 Å². The summed E-state index contributed by atoms with van der Waals surface area (Å²) in [5, 5.41) is 0. The van der Waals surface area contributed by atoms with Gasteiger partial charge in [-0.2, -0.15) is 0 Å². The van der Waals surface area contributed by atoms with E-state index in [-0.39, 0.29) is 0 Å². The van der Waals surface area contributed by atoms with Gasteiger partial charge < -0.3 is 19.1 Å². The highest BCUT2D eigenvalue weighted by Crippen LogP contribution is 2.02. The summed E-state index contributed by atoms with van der Waals surface area (Å²) in [7, 11) is -0.421. The van der Waals surface area contributed by atoms with E-state index in [0.717, 1.165) is 0 Å². The summed E-state index contributed by atoms with van der Waals surface area (Å²) in [5.41, 5.74) is 0. The molecule has 1 unspecified atom stereocenters. The molecule has 152 valence electrons. The summed E-state index contributed by atoms with van der Waals surface area (Å²) in [6.07, 6.45) is 6.68. The molecule has 0 aromatic heterocycles. The van der Waals surface area contributed by atoms with E-state index >= 15 is 0 Å². The molecule has 0 amide bonds. The fraction of sp³-hybridized carbons (Fsp3) is 1.00. The van der Waals surface area contributed by atoms with Gasteiger partial charge >= 0.3 is 0 Å². The molecule has 0 heterocycles. The predicted molar refractivity (Wildman–Crippen MR) is 115 cm³/mol. The van der Waals surface area contributed by atoms with Crippen molar-refractivity contribution in [3.8, 4) is 0 Å². The fourth-order valence-electron chi connectivity index (χ4n) is 3.32. The van der Waals surface area contributed by atoms with E-state index in [4.69, 9.17) is 4.43 Å². The van der Waals surface area contributed by atoms with Crippen LogP contribution in [-0.4, -0.2) is 89.1 Å². The first-order valence-electron chi connectivity index (χ1n) is 10.9. The van der Waals surface area contributed by atoms with Crippen molar-refractivity contribution in [2.75, 3.05) is 58.5 Å². The highest BCUT2D eigenvalue weighted by atomic mass is 28.2. The fourth-order valence-corrected chi connectivity index (χ4v) is 4.70. The van der Waals surface area contributed by atoms with Crippen LogP contribution in [0.2, 0.25) is 0 Å². The van der Waals surface area contributed by atoms with Gasteiger partial charge in [0.15, 0.2) is 9.76 Å². The lowest BCUT2D eigenvalue weighted by Gasteiger charge is -2.26. The third-order valence-electron chi connectivity index (χ3n) is 5.19. The van der Waals surface area contributed by atoms with Gasteiger partial charge in [0, 0.05) is 12.3 Å². The second kappa shape index (κ2) is 17.5. The van der Waals surface area contributed by atoms with E-state index in [1.54, 1.807) is 0 Å². The maximum absolute atomic E-state index is 6.13. The van der Waals surface area contributed by atoms with Crippen molar-refractivity contribution in [3.05, 3.63) is 0 Å². The van der Waals surface area contributed by atoms with Gasteiger partial charge in [0.05, 0.1) is 0 Å². The zero-order valence-electron chi connectivity index (χ0n) is 18.2. The standard InChI is InChI=1S/C20H47N3OSi/c1-7-14-20(6)24-25-19-23(17-12-15-21(8-2)9-3)18-13-16-22(10-4)11-5/h20H,7-19,25H2,1-6H3. The van der Waals surface area contributed by atoms with Gasteiger partial charge in [0.25, 0.3) is 0 Å². The largest absolute Gasteiger partial charge is 0.420 e. The minimum absolute atomic E-state index is 0.421. The van der Waals surface area contributed by atoms with Crippen molar-refractivity contribution in [1.29, 1.82) is 0 Å². The Hall–Kier alpha value is 0.0569. The average molecular weight is 374 g/mol. The van der Waals surface area contributed by atoms with E-state index < -0.39 is 9.76 Å². The maximum atomic E-state index is 6.13. The molecule has 0 spiro atoms. The first-order chi connectivity index (χ1) is 12.1. The van der Waals surface area contributed by atoms with Crippen LogP contribution in [0.3, 0.4) is 0 Å². The maximum Gasteiger partial charge on any atom is 0.175 e. The van der Waals surface area contributed by atoms with Gasteiger partial charge in [0.1, 0.15) is 0 Å². The highest BCUT2D eigenvalue weighted by Gasteiger charge is 2.09. The Balaban J connectivity index is 4.20. The zero-order chi connectivity index (χ0) is 18.9. The van der Waals surface area contributed by atoms with Gasteiger partial charge in [-0.25, -0.2) is 0 Å². The lowest BCUT2D eigenvalue weighted by Crippen LogP contribution is -2.36. The van der Waals surface area contributed by atoms with Crippen LogP contribution in [0.25, 0.3) is 0 Å². The van der Waals surface area contributed by atoms with Crippen LogP contribution in [0.1, 0.15) is 67.2 Å². The summed E-state index contributed by atoms with van der Waals surface area (Å²) in [5.74, 6) is 0. The highest BCUT2D eigenvalue weighted by molar-refractivity contribution is 6.27. The van der Waals surface area contributed by atoms with Crippen LogP contribution in [0.4, 0.5) is 0 Å². The first-order valence-corrected chi connectivity index (χ1v) is 12.5. The Labute approximate surface area is 161 Å².